The van der Waals surface area contributed by atoms with Crippen LogP contribution in [-0.4, -0.2) is 16.1 Å². The molecule has 2 rings (SSSR count). The van der Waals surface area contributed by atoms with Crippen molar-refractivity contribution in [3.05, 3.63) is 20.4 Å². The number of rotatable bonds is 3. The molecular formula is C14H20Br2S2Si2. The van der Waals surface area contributed by atoms with Gasteiger partial charge in [-0.05, 0) is 53.0 Å². The minimum atomic E-state index is -1.24. The van der Waals surface area contributed by atoms with Gasteiger partial charge < -0.3 is 0 Å². The zero-order valence-corrected chi connectivity index (χ0v) is 19.5. The fraction of sp³-hybridized carbons (Fsp3) is 0.429. The third kappa shape index (κ3) is 3.58. The van der Waals surface area contributed by atoms with Crippen molar-refractivity contribution in [2.24, 2.45) is 0 Å². The summed E-state index contributed by atoms with van der Waals surface area (Å²) in [6.45, 7) is 14.5. The first-order valence-corrected chi connectivity index (χ1v) is 16.8. The lowest BCUT2D eigenvalue weighted by atomic mass is 10.3. The first-order chi connectivity index (χ1) is 9.00. The molecule has 0 saturated carbocycles. The second-order valence-corrected chi connectivity index (χ2v) is 22.2. The van der Waals surface area contributed by atoms with Crippen LogP contribution in [0.15, 0.2) is 20.4 Å². The maximum absolute atomic E-state index is 3.78. The fourth-order valence-electron chi connectivity index (χ4n) is 1.82. The number of thiophene rings is 2. The van der Waals surface area contributed by atoms with Gasteiger partial charge in [0.15, 0.2) is 0 Å². The summed E-state index contributed by atoms with van der Waals surface area (Å²) in [5.41, 5.74) is 1.37. The molecule has 0 aliphatic rings. The minimum Gasteiger partial charge on any atom is -0.144 e. The van der Waals surface area contributed by atoms with Crippen molar-refractivity contribution in [1.29, 1.82) is 0 Å². The highest BCUT2D eigenvalue weighted by Crippen LogP contribution is 2.40. The summed E-state index contributed by atoms with van der Waals surface area (Å²) in [4.78, 5) is 1.38. The van der Waals surface area contributed by atoms with Crippen molar-refractivity contribution >= 4 is 79.7 Å². The first kappa shape index (κ1) is 17.2. The second kappa shape index (κ2) is 5.78. The average Bonchev–Trinajstić information content (AvgIpc) is 2.80. The predicted molar refractivity (Wildman–Crippen MR) is 109 cm³/mol. The summed E-state index contributed by atoms with van der Waals surface area (Å²) in [5.74, 6) is 0. The van der Waals surface area contributed by atoms with E-state index in [0.29, 0.717) is 0 Å². The van der Waals surface area contributed by atoms with Crippen LogP contribution in [0.5, 0.6) is 0 Å². The molecule has 6 heteroatoms. The molecule has 0 unspecified atom stereocenters. The van der Waals surface area contributed by atoms with Gasteiger partial charge in [0.1, 0.15) is 0 Å². The van der Waals surface area contributed by atoms with E-state index in [2.05, 4.69) is 83.3 Å². The van der Waals surface area contributed by atoms with E-state index in [0.717, 1.165) is 0 Å². The van der Waals surface area contributed by atoms with Crippen LogP contribution in [0, 0.1) is 0 Å². The van der Waals surface area contributed by atoms with Crippen LogP contribution in [0.3, 0.4) is 0 Å². The van der Waals surface area contributed by atoms with E-state index in [9.17, 15) is 0 Å². The first-order valence-electron chi connectivity index (χ1n) is 6.60. The van der Waals surface area contributed by atoms with Crippen LogP contribution in [-0.2, 0) is 0 Å². The molecule has 0 radical (unpaired) electrons. The molecule has 2 heterocycles. The maximum atomic E-state index is 3.78. The molecule has 0 N–H and O–H groups in total. The Kier molecular flexibility index (Phi) is 4.95. The van der Waals surface area contributed by atoms with Crippen LogP contribution in [0.25, 0.3) is 10.4 Å². The van der Waals surface area contributed by atoms with Crippen molar-refractivity contribution in [2.75, 3.05) is 0 Å². The van der Waals surface area contributed by atoms with Gasteiger partial charge in [0.05, 0.1) is 24.8 Å². The van der Waals surface area contributed by atoms with Crippen LogP contribution in [0.4, 0.5) is 0 Å². The van der Waals surface area contributed by atoms with Gasteiger partial charge in [-0.2, -0.15) is 0 Å². The zero-order chi connectivity index (χ0) is 15.3. The molecule has 0 aliphatic heterocycles. The Morgan fingerprint density at radius 3 is 1.70 bits per heavy atom. The molecule has 0 fully saturated rings. The van der Waals surface area contributed by atoms with Crippen molar-refractivity contribution in [1.82, 2.24) is 0 Å². The highest BCUT2D eigenvalue weighted by atomic mass is 79.9. The molecule has 0 saturated heterocycles. The maximum Gasteiger partial charge on any atom is 0.0904 e. The smallest absolute Gasteiger partial charge is 0.0904 e. The van der Waals surface area contributed by atoms with Crippen LogP contribution in [0.2, 0.25) is 39.3 Å². The Balaban J connectivity index is 2.53. The summed E-state index contributed by atoms with van der Waals surface area (Å²) < 4.78 is 5.65. The highest BCUT2D eigenvalue weighted by Gasteiger charge is 2.25. The molecule has 2 aromatic heterocycles. The lowest BCUT2D eigenvalue weighted by Crippen LogP contribution is -2.34. The number of halogens is 2. The summed E-state index contributed by atoms with van der Waals surface area (Å²) in [6, 6.07) is 4.75. The molecule has 0 aliphatic carbocycles. The average molecular weight is 468 g/mol. The monoisotopic (exact) mass is 466 g/mol. The van der Waals surface area contributed by atoms with Crippen LogP contribution < -0.4 is 9.00 Å². The largest absolute Gasteiger partial charge is 0.144 e. The standard InChI is InChI=1S/C14H20Br2S2Si2/c1-19(2,3)11-7-9(14(16)18-11)13-10(15)8-12(17-13)20(4,5)6/h7-8H,1-6H3. The normalized spacial score (nSPS) is 13.0. The molecular weight excluding hydrogens is 448 g/mol. The van der Waals surface area contributed by atoms with Gasteiger partial charge in [-0.3, -0.25) is 0 Å². The van der Waals surface area contributed by atoms with E-state index in [1.807, 2.05) is 22.7 Å². The van der Waals surface area contributed by atoms with Crippen molar-refractivity contribution in [3.63, 3.8) is 0 Å². The molecule has 0 bridgehead atoms. The topological polar surface area (TPSA) is 0 Å². The van der Waals surface area contributed by atoms with Gasteiger partial charge in [-0.25, -0.2) is 0 Å². The van der Waals surface area contributed by atoms with Gasteiger partial charge in [0.25, 0.3) is 0 Å². The fourth-order valence-corrected chi connectivity index (χ4v) is 10.0. The zero-order valence-electron chi connectivity index (χ0n) is 12.7. The number of hydrogen-bond acceptors (Lipinski definition) is 2. The Morgan fingerprint density at radius 1 is 0.800 bits per heavy atom. The van der Waals surface area contributed by atoms with Gasteiger partial charge in [-0.15, -0.1) is 22.7 Å². The lowest BCUT2D eigenvalue weighted by Gasteiger charge is -2.12. The van der Waals surface area contributed by atoms with Gasteiger partial charge in [-0.1, -0.05) is 39.3 Å². The molecule has 0 atom stereocenters. The van der Waals surface area contributed by atoms with E-state index in [1.165, 1.54) is 18.7 Å². The summed E-state index contributed by atoms with van der Waals surface area (Å²) in [5, 5.41) is 0. The second-order valence-electron chi connectivity index (χ2n) is 7.09. The molecule has 20 heavy (non-hydrogen) atoms. The molecule has 0 aromatic carbocycles. The molecule has 110 valence electrons. The van der Waals surface area contributed by atoms with Gasteiger partial charge in [0, 0.05) is 10.0 Å². The van der Waals surface area contributed by atoms with E-state index in [4.69, 9.17) is 0 Å². The minimum absolute atomic E-state index is 1.24. The number of hydrogen-bond donors (Lipinski definition) is 0. The van der Waals surface area contributed by atoms with Crippen LogP contribution >= 0.6 is 54.5 Å². The van der Waals surface area contributed by atoms with Crippen molar-refractivity contribution in [3.8, 4) is 10.4 Å². The Bertz CT molecular complexity index is 574. The summed E-state index contributed by atoms with van der Waals surface area (Å²) in [6.07, 6.45) is 0. The van der Waals surface area contributed by atoms with Gasteiger partial charge in [0.2, 0.25) is 0 Å². The third-order valence-corrected chi connectivity index (χ3v) is 14.1. The Hall–Kier alpha value is 0.794. The summed E-state index contributed by atoms with van der Waals surface area (Å²) >= 11 is 11.4. The predicted octanol–water partition coefficient (Wildman–Crippen LogP) is 6.09. The molecule has 0 amide bonds. The van der Waals surface area contributed by atoms with E-state index >= 15 is 0 Å². The Morgan fingerprint density at radius 2 is 1.30 bits per heavy atom. The third-order valence-electron chi connectivity index (χ3n) is 3.10. The molecule has 0 spiro atoms. The molecule has 2 aromatic rings. The summed E-state index contributed by atoms with van der Waals surface area (Å²) in [7, 11) is -2.48. The lowest BCUT2D eigenvalue weighted by molar-refractivity contribution is 1.75. The van der Waals surface area contributed by atoms with E-state index < -0.39 is 16.1 Å². The van der Waals surface area contributed by atoms with Crippen molar-refractivity contribution in [2.45, 2.75) is 39.3 Å². The van der Waals surface area contributed by atoms with E-state index in [1.54, 1.807) is 9.00 Å². The SMILES string of the molecule is C[Si](C)(C)c1cc(-c2sc([Si](C)(C)C)cc2Br)c(Br)s1. The Labute approximate surface area is 148 Å². The van der Waals surface area contributed by atoms with Crippen LogP contribution in [0.1, 0.15) is 0 Å². The van der Waals surface area contributed by atoms with Gasteiger partial charge >= 0.3 is 0 Å². The van der Waals surface area contributed by atoms with Crippen molar-refractivity contribution < 1.29 is 0 Å². The highest BCUT2D eigenvalue weighted by molar-refractivity contribution is 9.11. The molecule has 0 nitrogen and oxygen atoms in total. The van der Waals surface area contributed by atoms with E-state index in [-0.39, 0.29) is 0 Å². The quantitative estimate of drug-likeness (QED) is 0.478.